The highest BCUT2D eigenvalue weighted by Gasteiger charge is 2.42. The van der Waals surface area contributed by atoms with Crippen LogP contribution >= 0.6 is 11.3 Å². The molecule has 1 aromatic rings. The maximum absolute atomic E-state index is 13.1. The van der Waals surface area contributed by atoms with E-state index in [0.29, 0.717) is 55.9 Å². The maximum Gasteiger partial charge on any atom is 0.264 e. The molecule has 178 valence electrons. The van der Waals surface area contributed by atoms with Crippen LogP contribution in [-0.2, 0) is 14.3 Å². The Bertz CT molecular complexity index is 772. The highest BCUT2D eigenvalue weighted by molar-refractivity contribution is 7.12. The van der Waals surface area contributed by atoms with Crippen LogP contribution in [0.15, 0.2) is 17.5 Å². The van der Waals surface area contributed by atoms with E-state index in [2.05, 4.69) is 5.32 Å². The Labute approximate surface area is 194 Å². The summed E-state index contributed by atoms with van der Waals surface area (Å²) in [7, 11) is 1.60. The molecule has 0 bridgehead atoms. The molecular weight excluding hydrogens is 428 g/mol. The maximum atomic E-state index is 13.1. The van der Waals surface area contributed by atoms with Gasteiger partial charge in [-0.1, -0.05) is 12.5 Å². The van der Waals surface area contributed by atoms with Crippen LogP contribution in [0, 0.1) is 11.8 Å². The standard InChI is InChI=1S/C23H36N4O4S/c1-16(28)27-15-19(26(8-9-31-2)23(30)21-7-4-10-32-21)12-20(27)22(29)25-14-18-6-3-5-17(11-18)13-24/h4,7,10,17-20H,3,5-6,8-9,11-15,24H2,1-2H3,(H,25,29). The van der Waals surface area contributed by atoms with Crippen molar-refractivity contribution in [3.63, 3.8) is 0 Å². The molecule has 2 heterocycles. The molecule has 1 saturated heterocycles. The van der Waals surface area contributed by atoms with E-state index < -0.39 is 6.04 Å². The molecule has 1 aliphatic heterocycles. The third kappa shape index (κ3) is 6.08. The van der Waals surface area contributed by atoms with Gasteiger partial charge in [0.1, 0.15) is 6.04 Å². The van der Waals surface area contributed by atoms with Crippen molar-refractivity contribution in [3.05, 3.63) is 22.4 Å². The van der Waals surface area contributed by atoms with Gasteiger partial charge in [-0.3, -0.25) is 14.4 Å². The topological polar surface area (TPSA) is 105 Å². The molecule has 0 spiro atoms. The first-order chi connectivity index (χ1) is 15.4. The van der Waals surface area contributed by atoms with Crippen molar-refractivity contribution in [2.75, 3.05) is 39.9 Å². The van der Waals surface area contributed by atoms with Crippen LogP contribution in [0.25, 0.3) is 0 Å². The van der Waals surface area contributed by atoms with Gasteiger partial charge in [0, 0.05) is 33.7 Å². The smallest absolute Gasteiger partial charge is 0.264 e. The summed E-state index contributed by atoms with van der Waals surface area (Å²) in [6.07, 6.45) is 4.88. The second-order valence-corrected chi connectivity index (χ2v) is 9.87. The average molecular weight is 465 g/mol. The number of nitrogens with zero attached hydrogens (tertiary/aromatic N) is 2. The minimum atomic E-state index is -0.562. The Morgan fingerprint density at radius 2 is 2.06 bits per heavy atom. The molecule has 3 rings (SSSR count). The van der Waals surface area contributed by atoms with Gasteiger partial charge in [0.05, 0.1) is 17.5 Å². The van der Waals surface area contributed by atoms with E-state index in [0.717, 1.165) is 19.3 Å². The molecule has 32 heavy (non-hydrogen) atoms. The third-order valence-electron chi connectivity index (χ3n) is 6.75. The predicted molar refractivity (Wildman–Crippen MR) is 124 cm³/mol. The zero-order valence-electron chi connectivity index (χ0n) is 19.1. The molecule has 8 nitrogen and oxygen atoms in total. The highest BCUT2D eigenvalue weighted by atomic mass is 32.1. The number of hydrogen-bond acceptors (Lipinski definition) is 6. The average Bonchev–Trinajstić information content (AvgIpc) is 3.48. The Morgan fingerprint density at radius 1 is 1.28 bits per heavy atom. The predicted octanol–water partition coefficient (Wildman–Crippen LogP) is 1.71. The first kappa shape index (κ1) is 24.7. The number of carbonyl (C=O) groups is 3. The first-order valence-corrected chi connectivity index (χ1v) is 12.4. The molecule has 0 radical (unpaired) electrons. The van der Waals surface area contributed by atoms with Crippen LogP contribution in [0.2, 0.25) is 0 Å². The Balaban J connectivity index is 1.66. The largest absolute Gasteiger partial charge is 0.383 e. The fraction of sp³-hybridized carbons (Fsp3) is 0.696. The molecule has 0 aromatic carbocycles. The lowest BCUT2D eigenvalue weighted by Gasteiger charge is -2.29. The van der Waals surface area contributed by atoms with E-state index in [-0.39, 0.29) is 23.8 Å². The van der Waals surface area contributed by atoms with Gasteiger partial charge in [-0.25, -0.2) is 0 Å². The summed E-state index contributed by atoms with van der Waals surface area (Å²) >= 11 is 1.39. The molecule has 1 aromatic heterocycles. The molecule has 4 atom stereocenters. The zero-order chi connectivity index (χ0) is 23.1. The number of nitrogens with two attached hydrogens (primary N) is 1. The highest BCUT2D eigenvalue weighted by Crippen LogP contribution is 2.29. The van der Waals surface area contributed by atoms with Crippen LogP contribution in [0.3, 0.4) is 0 Å². The van der Waals surface area contributed by atoms with Crippen molar-refractivity contribution in [1.82, 2.24) is 15.1 Å². The van der Waals surface area contributed by atoms with Crippen LogP contribution < -0.4 is 11.1 Å². The third-order valence-corrected chi connectivity index (χ3v) is 7.60. The SMILES string of the molecule is COCCN(C(=O)c1cccs1)C1CC(C(=O)NCC2CCCC(CN)C2)N(C(C)=O)C1. The normalized spacial score (nSPS) is 25.5. The van der Waals surface area contributed by atoms with Crippen molar-refractivity contribution in [2.24, 2.45) is 17.6 Å². The van der Waals surface area contributed by atoms with Gasteiger partial charge in [0.2, 0.25) is 11.8 Å². The van der Waals surface area contributed by atoms with Crippen LogP contribution in [0.5, 0.6) is 0 Å². The fourth-order valence-corrected chi connectivity index (χ4v) is 5.66. The molecule has 2 fully saturated rings. The molecule has 4 unspecified atom stereocenters. The summed E-state index contributed by atoms with van der Waals surface area (Å²) in [5.41, 5.74) is 5.84. The molecular formula is C23H36N4O4S. The van der Waals surface area contributed by atoms with Crippen molar-refractivity contribution >= 4 is 29.1 Å². The Morgan fingerprint density at radius 3 is 2.72 bits per heavy atom. The Kier molecular flexibility index (Phi) is 9.07. The number of ether oxygens (including phenoxy) is 1. The van der Waals surface area contributed by atoms with Gasteiger partial charge in [-0.05, 0) is 55.5 Å². The van der Waals surface area contributed by atoms with Gasteiger partial charge < -0.3 is 25.6 Å². The number of amides is 3. The molecule has 3 N–H and O–H groups in total. The van der Waals surface area contributed by atoms with Crippen molar-refractivity contribution in [1.29, 1.82) is 0 Å². The molecule has 3 amide bonds. The minimum Gasteiger partial charge on any atom is -0.383 e. The van der Waals surface area contributed by atoms with Gasteiger partial charge in [-0.2, -0.15) is 0 Å². The van der Waals surface area contributed by atoms with E-state index in [1.54, 1.807) is 23.0 Å². The van der Waals surface area contributed by atoms with Crippen LogP contribution in [0.1, 0.15) is 48.7 Å². The Hall–Kier alpha value is -1.97. The van der Waals surface area contributed by atoms with E-state index in [1.165, 1.54) is 24.7 Å². The van der Waals surface area contributed by atoms with Crippen molar-refractivity contribution in [3.8, 4) is 0 Å². The first-order valence-electron chi connectivity index (χ1n) is 11.5. The van der Waals surface area contributed by atoms with E-state index in [1.807, 2.05) is 11.4 Å². The van der Waals surface area contributed by atoms with E-state index >= 15 is 0 Å². The second kappa shape index (κ2) is 11.8. The summed E-state index contributed by atoms with van der Waals surface area (Å²) in [6.45, 7) is 3.96. The number of hydrogen-bond donors (Lipinski definition) is 2. The molecule has 2 aliphatic rings. The zero-order valence-corrected chi connectivity index (χ0v) is 19.9. The van der Waals surface area contributed by atoms with Gasteiger partial charge >= 0.3 is 0 Å². The second-order valence-electron chi connectivity index (χ2n) is 8.92. The van der Waals surface area contributed by atoms with E-state index in [4.69, 9.17) is 10.5 Å². The minimum absolute atomic E-state index is 0.0818. The lowest BCUT2D eigenvalue weighted by Crippen LogP contribution is -2.46. The lowest BCUT2D eigenvalue weighted by atomic mass is 9.81. The number of methoxy groups -OCH3 is 1. The van der Waals surface area contributed by atoms with Crippen molar-refractivity contribution < 1.29 is 19.1 Å². The summed E-state index contributed by atoms with van der Waals surface area (Å²) in [4.78, 5) is 42.5. The monoisotopic (exact) mass is 464 g/mol. The number of nitrogens with one attached hydrogen (secondary N) is 1. The molecule has 9 heteroatoms. The molecule has 1 saturated carbocycles. The van der Waals surface area contributed by atoms with E-state index in [9.17, 15) is 14.4 Å². The van der Waals surface area contributed by atoms with Gasteiger partial charge in [0.15, 0.2) is 0 Å². The summed E-state index contributed by atoms with van der Waals surface area (Å²) in [6, 6.07) is 2.86. The van der Waals surface area contributed by atoms with Crippen LogP contribution in [-0.4, -0.2) is 79.5 Å². The lowest BCUT2D eigenvalue weighted by molar-refractivity contribution is -0.137. The summed E-state index contributed by atoms with van der Waals surface area (Å²) in [5, 5.41) is 4.95. The van der Waals surface area contributed by atoms with Crippen LogP contribution in [0.4, 0.5) is 0 Å². The quantitative estimate of drug-likeness (QED) is 0.579. The number of carbonyl (C=O) groups excluding carboxylic acids is 3. The van der Waals surface area contributed by atoms with Gasteiger partial charge in [0.25, 0.3) is 5.91 Å². The summed E-state index contributed by atoms with van der Waals surface area (Å²) < 4.78 is 5.21. The van der Waals surface area contributed by atoms with Crippen molar-refractivity contribution in [2.45, 2.75) is 51.1 Å². The van der Waals surface area contributed by atoms with Gasteiger partial charge in [-0.15, -0.1) is 11.3 Å². The molecule has 1 aliphatic carbocycles. The summed E-state index contributed by atoms with van der Waals surface area (Å²) in [5.74, 6) is 0.605. The number of rotatable bonds is 9. The fourth-order valence-electron chi connectivity index (χ4n) is 4.98. The number of likely N-dealkylation sites (tertiary alicyclic amines) is 1. The number of thiophene rings is 1.